The van der Waals surface area contributed by atoms with E-state index in [1.54, 1.807) is 6.07 Å². The molecule has 0 saturated carbocycles. The minimum Gasteiger partial charge on any atom is -0.206 e. The van der Waals surface area contributed by atoms with Gasteiger partial charge in [-0.3, -0.25) is 0 Å². The van der Waals surface area contributed by atoms with Crippen molar-refractivity contribution in [2.24, 2.45) is 4.51 Å². The van der Waals surface area contributed by atoms with Crippen molar-refractivity contribution in [2.75, 3.05) is 0 Å². The van der Waals surface area contributed by atoms with E-state index in [1.807, 2.05) is 11.2 Å². The fraction of sp³-hybridized carbons (Fsp3) is 0. The molecule has 0 heterocycles. The van der Waals surface area contributed by atoms with Gasteiger partial charge in [-0.1, -0.05) is 12.1 Å². The Morgan fingerprint density at radius 1 is 1.55 bits per heavy atom. The van der Waals surface area contributed by atoms with Crippen molar-refractivity contribution in [2.45, 2.75) is 0 Å². The molecule has 0 aromatic heterocycles. The van der Waals surface area contributed by atoms with Gasteiger partial charge in [0.1, 0.15) is 5.82 Å². The molecule has 2 aliphatic rings. The van der Waals surface area contributed by atoms with Crippen LogP contribution in [0.2, 0.25) is 0 Å². The Morgan fingerprint density at radius 2 is 2.18 bits per heavy atom. The zero-order chi connectivity index (χ0) is 8.27. The topological polar surface area (TPSA) is 12.4 Å². The molecule has 0 unspecified atom stereocenters. The van der Waals surface area contributed by atoms with Crippen molar-refractivity contribution < 1.29 is 4.39 Å². The number of thiocarbonyl (C=S) groups is 1. The second-order valence-electron chi connectivity index (χ2n) is 1.87. The molecule has 0 radical (unpaired) electrons. The third-order valence-electron chi connectivity index (χ3n) is 1.31. The van der Waals surface area contributed by atoms with E-state index < -0.39 is 0 Å². The summed E-state index contributed by atoms with van der Waals surface area (Å²) in [5.41, 5.74) is 1.87. The van der Waals surface area contributed by atoms with Gasteiger partial charge in [0, 0.05) is 17.3 Å². The summed E-state index contributed by atoms with van der Waals surface area (Å²) in [5.74, 6) is -0.0579. The Kier molecular flexibility index (Phi) is 2.71. The van der Waals surface area contributed by atoms with Crippen LogP contribution in [0.1, 0.15) is 0 Å². The van der Waals surface area contributed by atoms with Gasteiger partial charge in [-0.25, -0.2) is 4.39 Å². The molecular weight excluding hydrogens is 185 g/mol. The van der Waals surface area contributed by atoms with E-state index in [0.717, 1.165) is 11.1 Å². The Balaban J connectivity index is 0.000000134. The molecule has 0 N–H and O–H groups in total. The minimum atomic E-state index is -0.0579. The predicted molar refractivity (Wildman–Crippen MR) is 46.3 cm³/mol. The molecule has 0 aromatic rings. The first-order valence-corrected chi connectivity index (χ1v) is 3.52. The molecule has 0 bridgehead atoms. The van der Waals surface area contributed by atoms with Crippen LogP contribution < -0.4 is 0 Å². The lowest BCUT2D eigenvalue weighted by Gasteiger charge is -2.13. The molecule has 2 aliphatic carbocycles. The van der Waals surface area contributed by atoms with Crippen molar-refractivity contribution in [1.82, 2.24) is 0 Å². The van der Waals surface area contributed by atoms with Gasteiger partial charge in [-0.2, -0.15) is 0 Å². The van der Waals surface area contributed by atoms with Crippen LogP contribution >= 0.6 is 24.0 Å². The van der Waals surface area contributed by atoms with Gasteiger partial charge in [-0.05, 0) is 23.8 Å². The SMILES string of the molecule is Fc1cc2ccc1-2.S=C=NCl. The van der Waals surface area contributed by atoms with E-state index in [-0.39, 0.29) is 5.82 Å². The summed E-state index contributed by atoms with van der Waals surface area (Å²) in [6.45, 7) is 0. The van der Waals surface area contributed by atoms with Crippen LogP contribution in [0.25, 0.3) is 11.1 Å². The first-order valence-electron chi connectivity index (χ1n) is 2.77. The lowest BCUT2D eigenvalue weighted by atomic mass is 9.93. The maximum atomic E-state index is 12.0. The predicted octanol–water partition coefficient (Wildman–Crippen LogP) is 3.05. The summed E-state index contributed by atoms with van der Waals surface area (Å²) in [5, 5.41) is 1.90. The van der Waals surface area contributed by atoms with Gasteiger partial charge in [0.15, 0.2) is 0 Å². The van der Waals surface area contributed by atoms with Crippen LogP contribution in [0.15, 0.2) is 22.7 Å². The molecule has 0 saturated heterocycles. The Bertz CT molecular complexity index is 320. The second kappa shape index (κ2) is 3.58. The highest BCUT2D eigenvalue weighted by Gasteiger charge is 2.14. The van der Waals surface area contributed by atoms with Gasteiger partial charge >= 0.3 is 0 Å². The molecule has 2 rings (SSSR count). The van der Waals surface area contributed by atoms with E-state index in [0.29, 0.717) is 0 Å². The lowest BCUT2D eigenvalue weighted by Crippen LogP contribution is -1.94. The average Bonchev–Trinajstić information content (AvgIpc) is 2.00. The summed E-state index contributed by atoms with van der Waals surface area (Å²) in [4.78, 5) is 0. The monoisotopic (exact) mass is 187 g/mol. The van der Waals surface area contributed by atoms with Crippen LogP contribution in [-0.4, -0.2) is 5.16 Å². The molecule has 56 valence electrons. The number of fused-ring (bicyclic) bond motifs is 1. The quantitative estimate of drug-likeness (QED) is 0.456. The molecule has 0 atom stereocenters. The number of hydrogen-bond donors (Lipinski definition) is 0. The standard InChI is InChI=1S/C6H3F.CClNS/c7-6-3-4-1-2-5(4)6;2-3-1-4/h1-3H;. The number of rotatable bonds is 0. The average molecular weight is 188 g/mol. The van der Waals surface area contributed by atoms with E-state index in [4.69, 9.17) is 0 Å². The van der Waals surface area contributed by atoms with Crippen molar-refractivity contribution in [1.29, 1.82) is 0 Å². The molecule has 0 aliphatic heterocycles. The van der Waals surface area contributed by atoms with Crippen LogP contribution in [0.5, 0.6) is 0 Å². The Morgan fingerprint density at radius 3 is 2.18 bits per heavy atom. The summed E-state index contributed by atoms with van der Waals surface area (Å²) in [6, 6.07) is 5.22. The van der Waals surface area contributed by atoms with E-state index in [2.05, 4.69) is 28.5 Å². The van der Waals surface area contributed by atoms with Crippen LogP contribution in [0.3, 0.4) is 0 Å². The van der Waals surface area contributed by atoms with E-state index >= 15 is 0 Å². The summed E-state index contributed by atoms with van der Waals surface area (Å²) < 4.78 is 14.7. The normalized spacial score (nSPS) is 8.91. The fourth-order valence-corrected chi connectivity index (χ4v) is 0.743. The first-order chi connectivity index (χ1) is 5.29. The number of isothiocyanates is 1. The number of nitrogens with zero attached hydrogens (tertiary/aromatic N) is 1. The van der Waals surface area contributed by atoms with Crippen LogP contribution in [0.4, 0.5) is 4.39 Å². The van der Waals surface area contributed by atoms with Gasteiger partial charge < -0.3 is 0 Å². The zero-order valence-electron chi connectivity index (χ0n) is 5.34. The third-order valence-corrected chi connectivity index (χ3v) is 1.59. The molecule has 0 spiro atoms. The van der Waals surface area contributed by atoms with Crippen molar-refractivity contribution >= 4 is 29.2 Å². The van der Waals surface area contributed by atoms with Gasteiger partial charge in [0.25, 0.3) is 0 Å². The lowest BCUT2D eigenvalue weighted by molar-refractivity contribution is 0.621. The number of hydrogen-bond acceptors (Lipinski definition) is 2. The number of benzene rings is 1. The summed E-state index contributed by atoms with van der Waals surface area (Å²) in [7, 11) is 0. The van der Waals surface area contributed by atoms with E-state index in [1.165, 1.54) is 6.07 Å². The van der Waals surface area contributed by atoms with E-state index in [9.17, 15) is 4.39 Å². The van der Waals surface area contributed by atoms with Crippen molar-refractivity contribution in [3.63, 3.8) is 0 Å². The highest BCUT2D eigenvalue weighted by atomic mass is 35.5. The molecule has 11 heavy (non-hydrogen) atoms. The maximum Gasteiger partial charge on any atom is 0.131 e. The highest BCUT2D eigenvalue weighted by molar-refractivity contribution is 7.78. The van der Waals surface area contributed by atoms with Crippen LogP contribution in [0, 0.1) is 5.82 Å². The molecule has 0 amide bonds. The van der Waals surface area contributed by atoms with Gasteiger partial charge in [-0.15, -0.1) is 4.51 Å². The van der Waals surface area contributed by atoms with Crippen molar-refractivity contribution in [3.05, 3.63) is 24.0 Å². The smallest absolute Gasteiger partial charge is 0.131 e. The molecular formula is C7H3ClFNS. The number of halogens is 2. The largest absolute Gasteiger partial charge is 0.206 e. The van der Waals surface area contributed by atoms with Gasteiger partial charge in [0.2, 0.25) is 0 Å². The Hall–Kier alpha value is -0.760. The molecule has 0 fully saturated rings. The first kappa shape index (κ1) is 8.34. The van der Waals surface area contributed by atoms with Crippen molar-refractivity contribution in [3.8, 4) is 11.1 Å². The Labute approximate surface area is 73.6 Å². The summed E-state index contributed by atoms with van der Waals surface area (Å²) in [6.07, 6.45) is 0. The maximum absolute atomic E-state index is 12.0. The zero-order valence-corrected chi connectivity index (χ0v) is 6.92. The van der Waals surface area contributed by atoms with Crippen LogP contribution in [-0.2, 0) is 0 Å². The van der Waals surface area contributed by atoms with Gasteiger partial charge in [0.05, 0.1) is 5.16 Å². The highest BCUT2D eigenvalue weighted by Crippen LogP contribution is 2.34. The summed E-state index contributed by atoms with van der Waals surface area (Å²) >= 11 is 8.60. The molecule has 0 aromatic carbocycles. The fourth-order valence-electron chi connectivity index (χ4n) is 0.743. The third kappa shape index (κ3) is 1.63. The molecule has 1 nitrogen and oxygen atoms in total. The minimum absolute atomic E-state index is 0.0579. The second-order valence-corrected chi connectivity index (χ2v) is 2.22. The molecule has 4 heteroatoms.